The SMILES string of the molecule is CCCC1CC1(O)c1cccc(F)c1Br. The Kier molecular flexibility index (Phi) is 2.86. The number of hydrogen-bond acceptors (Lipinski definition) is 1. The first kappa shape index (κ1) is 11.1. The van der Waals surface area contributed by atoms with Gasteiger partial charge in [-0.05, 0) is 40.8 Å². The summed E-state index contributed by atoms with van der Waals surface area (Å²) < 4.78 is 13.7. The highest BCUT2D eigenvalue weighted by molar-refractivity contribution is 9.10. The molecule has 2 unspecified atom stereocenters. The van der Waals surface area contributed by atoms with Gasteiger partial charge in [-0.25, -0.2) is 4.39 Å². The maximum atomic E-state index is 13.3. The average molecular weight is 273 g/mol. The summed E-state index contributed by atoms with van der Waals surface area (Å²) in [4.78, 5) is 0. The summed E-state index contributed by atoms with van der Waals surface area (Å²) in [5.41, 5.74) is -0.0994. The number of aliphatic hydroxyl groups is 1. The predicted molar refractivity (Wildman–Crippen MR) is 61.0 cm³/mol. The summed E-state index contributed by atoms with van der Waals surface area (Å²) in [6.07, 6.45) is 2.81. The summed E-state index contributed by atoms with van der Waals surface area (Å²) in [5.74, 6) is -0.0105. The molecule has 0 spiro atoms. The molecule has 0 saturated heterocycles. The van der Waals surface area contributed by atoms with Gasteiger partial charge in [0.15, 0.2) is 0 Å². The van der Waals surface area contributed by atoms with E-state index in [0.717, 1.165) is 19.3 Å². The van der Waals surface area contributed by atoms with Crippen LogP contribution in [0.5, 0.6) is 0 Å². The van der Waals surface area contributed by atoms with Gasteiger partial charge in [-0.3, -0.25) is 0 Å². The van der Waals surface area contributed by atoms with Gasteiger partial charge in [-0.2, -0.15) is 0 Å². The van der Waals surface area contributed by atoms with Crippen LogP contribution in [-0.4, -0.2) is 5.11 Å². The maximum Gasteiger partial charge on any atom is 0.137 e. The number of rotatable bonds is 3. The largest absolute Gasteiger partial charge is 0.385 e. The molecule has 2 rings (SSSR count). The fourth-order valence-corrected chi connectivity index (χ4v) is 2.78. The highest BCUT2D eigenvalue weighted by Gasteiger charge is 2.54. The van der Waals surface area contributed by atoms with E-state index in [1.807, 2.05) is 0 Å². The highest BCUT2D eigenvalue weighted by Crippen LogP contribution is 2.56. The molecular formula is C12H14BrFO. The van der Waals surface area contributed by atoms with Crippen molar-refractivity contribution >= 4 is 15.9 Å². The summed E-state index contributed by atoms with van der Waals surface area (Å²) in [6.45, 7) is 2.10. The van der Waals surface area contributed by atoms with E-state index in [4.69, 9.17) is 0 Å². The van der Waals surface area contributed by atoms with E-state index in [2.05, 4.69) is 22.9 Å². The van der Waals surface area contributed by atoms with Gasteiger partial charge in [0, 0.05) is 5.56 Å². The fraction of sp³-hybridized carbons (Fsp3) is 0.500. The maximum absolute atomic E-state index is 13.3. The number of halogens is 2. The monoisotopic (exact) mass is 272 g/mol. The van der Waals surface area contributed by atoms with Crippen molar-refractivity contribution in [3.63, 3.8) is 0 Å². The Labute approximate surface area is 97.4 Å². The number of hydrogen-bond donors (Lipinski definition) is 1. The fourth-order valence-electron chi connectivity index (χ4n) is 2.17. The van der Waals surface area contributed by atoms with E-state index in [-0.39, 0.29) is 5.82 Å². The van der Waals surface area contributed by atoms with Gasteiger partial charge < -0.3 is 5.11 Å². The zero-order valence-corrected chi connectivity index (χ0v) is 10.2. The Hall–Kier alpha value is -0.410. The lowest BCUT2D eigenvalue weighted by atomic mass is 10.0. The molecule has 0 amide bonds. The third kappa shape index (κ3) is 1.83. The molecule has 1 aromatic carbocycles. The second kappa shape index (κ2) is 3.87. The molecule has 1 nitrogen and oxygen atoms in total. The zero-order valence-electron chi connectivity index (χ0n) is 8.63. The topological polar surface area (TPSA) is 20.2 Å². The van der Waals surface area contributed by atoms with E-state index < -0.39 is 5.60 Å². The Balaban J connectivity index is 2.28. The van der Waals surface area contributed by atoms with Crippen molar-refractivity contribution < 1.29 is 9.50 Å². The average Bonchev–Trinajstić information content (AvgIpc) is 2.83. The van der Waals surface area contributed by atoms with Crippen LogP contribution in [0.25, 0.3) is 0 Å². The van der Waals surface area contributed by atoms with Gasteiger partial charge in [0.2, 0.25) is 0 Å². The van der Waals surface area contributed by atoms with Crippen LogP contribution in [-0.2, 0) is 5.60 Å². The lowest BCUT2D eigenvalue weighted by Crippen LogP contribution is -2.10. The Morgan fingerprint density at radius 2 is 2.33 bits per heavy atom. The molecule has 1 saturated carbocycles. The second-order valence-electron chi connectivity index (χ2n) is 4.22. The van der Waals surface area contributed by atoms with E-state index in [1.54, 1.807) is 12.1 Å². The van der Waals surface area contributed by atoms with Gasteiger partial charge in [-0.1, -0.05) is 25.5 Å². The molecule has 3 heteroatoms. The zero-order chi connectivity index (χ0) is 11.1. The normalized spacial score (nSPS) is 29.2. The van der Waals surface area contributed by atoms with Crippen LogP contribution in [0.3, 0.4) is 0 Å². The number of benzene rings is 1. The molecule has 1 aliphatic carbocycles. The molecule has 82 valence electrons. The van der Waals surface area contributed by atoms with Crippen molar-refractivity contribution in [2.45, 2.75) is 31.8 Å². The van der Waals surface area contributed by atoms with Crippen LogP contribution in [0, 0.1) is 11.7 Å². The third-order valence-corrected chi connectivity index (χ3v) is 3.93. The van der Waals surface area contributed by atoms with Gasteiger partial charge in [0.05, 0.1) is 10.1 Å². The first-order valence-corrected chi connectivity index (χ1v) is 6.05. The highest BCUT2D eigenvalue weighted by atomic mass is 79.9. The van der Waals surface area contributed by atoms with E-state index in [1.165, 1.54) is 6.07 Å². The van der Waals surface area contributed by atoms with Crippen molar-refractivity contribution in [2.75, 3.05) is 0 Å². The molecule has 0 aromatic heterocycles. The molecule has 15 heavy (non-hydrogen) atoms. The van der Waals surface area contributed by atoms with Gasteiger partial charge in [-0.15, -0.1) is 0 Å². The summed E-state index contributed by atoms with van der Waals surface area (Å²) >= 11 is 3.20. The van der Waals surface area contributed by atoms with Crippen LogP contribution >= 0.6 is 15.9 Å². The first-order valence-electron chi connectivity index (χ1n) is 5.26. The molecule has 0 aliphatic heterocycles. The predicted octanol–water partition coefficient (Wildman–Crippen LogP) is 3.60. The van der Waals surface area contributed by atoms with Crippen LogP contribution in [0.15, 0.2) is 22.7 Å². The summed E-state index contributed by atoms with van der Waals surface area (Å²) in [5, 5.41) is 10.3. The molecular weight excluding hydrogens is 259 g/mol. The molecule has 0 heterocycles. The van der Waals surface area contributed by atoms with Crippen LogP contribution < -0.4 is 0 Å². The van der Waals surface area contributed by atoms with Crippen molar-refractivity contribution in [1.29, 1.82) is 0 Å². The second-order valence-corrected chi connectivity index (χ2v) is 5.01. The van der Waals surface area contributed by atoms with Gasteiger partial charge in [0.1, 0.15) is 5.82 Å². The minimum absolute atomic E-state index is 0.292. The third-order valence-electron chi connectivity index (χ3n) is 3.13. The molecule has 1 fully saturated rings. The molecule has 1 aromatic rings. The van der Waals surface area contributed by atoms with E-state index in [0.29, 0.717) is 16.0 Å². The van der Waals surface area contributed by atoms with Crippen molar-refractivity contribution in [2.24, 2.45) is 5.92 Å². The minimum atomic E-state index is -0.795. The molecule has 1 aliphatic rings. The summed E-state index contributed by atoms with van der Waals surface area (Å²) in [7, 11) is 0. The Morgan fingerprint density at radius 3 is 3.00 bits per heavy atom. The molecule has 2 atom stereocenters. The first-order chi connectivity index (χ1) is 7.09. The van der Waals surface area contributed by atoms with Crippen LogP contribution in [0.2, 0.25) is 0 Å². The smallest absolute Gasteiger partial charge is 0.137 e. The molecule has 0 bridgehead atoms. The van der Waals surface area contributed by atoms with E-state index >= 15 is 0 Å². The van der Waals surface area contributed by atoms with Gasteiger partial charge >= 0.3 is 0 Å². The summed E-state index contributed by atoms with van der Waals surface area (Å²) in [6, 6.07) is 4.84. The minimum Gasteiger partial charge on any atom is -0.385 e. The van der Waals surface area contributed by atoms with Crippen molar-refractivity contribution in [3.8, 4) is 0 Å². The van der Waals surface area contributed by atoms with Gasteiger partial charge in [0.25, 0.3) is 0 Å². The lowest BCUT2D eigenvalue weighted by molar-refractivity contribution is 0.128. The standard InChI is InChI=1S/C12H14BrFO/c1-2-4-8-7-12(8,15)9-5-3-6-10(14)11(9)13/h3,5-6,8,15H,2,4,7H2,1H3. The Morgan fingerprint density at radius 1 is 1.60 bits per heavy atom. The van der Waals surface area contributed by atoms with Crippen molar-refractivity contribution in [3.05, 3.63) is 34.1 Å². The quantitative estimate of drug-likeness (QED) is 0.892. The Bertz CT molecular complexity index is 380. The lowest BCUT2D eigenvalue weighted by Gasteiger charge is -2.13. The molecule has 0 radical (unpaired) electrons. The molecule has 1 N–H and O–H groups in total. The van der Waals surface area contributed by atoms with E-state index in [9.17, 15) is 9.50 Å². The van der Waals surface area contributed by atoms with Crippen molar-refractivity contribution in [1.82, 2.24) is 0 Å². The van der Waals surface area contributed by atoms with Crippen LogP contribution in [0.1, 0.15) is 31.7 Å². The van der Waals surface area contributed by atoms with Crippen LogP contribution in [0.4, 0.5) is 4.39 Å².